The van der Waals surface area contributed by atoms with Crippen LogP contribution >= 0.6 is 0 Å². The standard InChI is InChI=1S/C17H26N4/c1-5-8-21-17(19-12-20-21)11-16(18-4)10-15-7-6-13(2)14(3)9-15/h6-7,9,12,16,18H,5,8,10-11H2,1-4H3. The van der Waals surface area contributed by atoms with Crippen molar-refractivity contribution in [1.82, 2.24) is 20.1 Å². The van der Waals surface area contributed by atoms with Crippen LogP contribution in [0.4, 0.5) is 0 Å². The van der Waals surface area contributed by atoms with Crippen molar-refractivity contribution in [2.24, 2.45) is 0 Å². The smallest absolute Gasteiger partial charge is 0.138 e. The lowest BCUT2D eigenvalue weighted by Crippen LogP contribution is -2.31. The highest BCUT2D eigenvalue weighted by Gasteiger charge is 2.13. The fourth-order valence-electron chi connectivity index (χ4n) is 2.56. The third-order valence-electron chi connectivity index (χ3n) is 4.02. The largest absolute Gasteiger partial charge is 0.316 e. The monoisotopic (exact) mass is 286 g/mol. The number of aromatic nitrogens is 3. The van der Waals surface area contributed by atoms with E-state index in [1.165, 1.54) is 16.7 Å². The third-order valence-corrected chi connectivity index (χ3v) is 4.02. The van der Waals surface area contributed by atoms with Crippen molar-refractivity contribution in [2.45, 2.75) is 52.6 Å². The number of benzene rings is 1. The van der Waals surface area contributed by atoms with Gasteiger partial charge in [0.2, 0.25) is 0 Å². The highest BCUT2D eigenvalue weighted by Crippen LogP contribution is 2.13. The minimum atomic E-state index is 0.381. The Labute approximate surface area is 127 Å². The van der Waals surface area contributed by atoms with Gasteiger partial charge in [-0.3, -0.25) is 4.68 Å². The number of nitrogens with zero attached hydrogens (tertiary/aromatic N) is 3. The van der Waals surface area contributed by atoms with E-state index >= 15 is 0 Å². The summed E-state index contributed by atoms with van der Waals surface area (Å²) in [6.07, 6.45) is 4.66. The molecule has 0 radical (unpaired) electrons. The molecule has 1 N–H and O–H groups in total. The number of nitrogens with one attached hydrogen (secondary N) is 1. The molecule has 0 aliphatic rings. The molecule has 1 atom stereocenters. The maximum absolute atomic E-state index is 4.41. The molecule has 0 amide bonds. The van der Waals surface area contributed by atoms with Gasteiger partial charge in [0, 0.05) is 19.0 Å². The maximum Gasteiger partial charge on any atom is 0.138 e. The van der Waals surface area contributed by atoms with Gasteiger partial charge in [-0.1, -0.05) is 25.1 Å². The molecule has 1 aromatic carbocycles. The lowest BCUT2D eigenvalue weighted by molar-refractivity contribution is 0.501. The number of rotatable bonds is 7. The van der Waals surface area contributed by atoms with Gasteiger partial charge in [-0.05, 0) is 50.4 Å². The molecule has 4 heteroatoms. The van der Waals surface area contributed by atoms with Crippen molar-refractivity contribution in [1.29, 1.82) is 0 Å². The molecule has 4 nitrogen and oxygen atoms in total. The van der Waals surface area contributed by atoms with E-state index in [9.17, 15) is 0 Å². The SMILES string of the molecule is CCCn1ncnc1CC(Cc1ccc(C)c(C)c1)NC. The van der Waals surface area contributed by atoms with Crippen LogP contribution in [0, 0.1) is 13.8 Å². The van der Waals surface area contributed by atoms with Crippen molar-refractivity contribution in [3.05, 3.63) is 47.0 Å². The van der Waals surface area contributed by atoms with Gasteiger partial charge < -0.3 is 5.32 Å². The van der Waals surface area contributed by atoms with E-state index in [1.807, 2.05) is 11.7 Å². The first-order valence-corrected chi connectivity index (χ1v) is 7.74. The number of hydrogen-bond donors (Lipinski definition) is 1. The van der Waals surface area contributed by atoms with E-state index in [1.54, 1.807) is 6.33 Å². The Morgan fingerprint density at radius 3 is 2.67 bits per heavy atom. The molecular formula is C17H26N4. The van der Waals surface area contributed by atoms with Crippen molar-refractivity contribution in [2.75, 3.05) is 7.05 Å². The van der Waals surface area contributed by atoms with Gasteiger partial charge in [0.05, 0.1) is 0 Å². The Morgan fingerprint density at radius 1 is 1.19 bits per heavy atom. The zero-order valence-electron chi connectivity index (χ0n) is 13.6. The van der Waals surface area contributed by atoms with Gasteiger partial charge in [0.1, 0.15) is 12.2 Å². The zero-order chi connectivity index (χ0) is 15.2. The van der Waals surface area contributed by atoms with Crippen LogP contribution in [0.1, 0.15) is 35.9 Å². The normalized spacial score (nSPS) is 12.6. The van der Waals surface area contributed by atoms with Crippen molar-refractivity contribution in [3.8, 4) is 0 Å². The van der Waals surface area contributed by atoms with E-state index in [4.69, 9.17) is 0 Å². The summed E-state index contributed by atoms with van der Waals surface area (Å²) in [6.45, 7) is 7.43. The van der Waals surface area contributed by atoms with E-state index < -0.39 is 0 Å². The van der Waals surface area contributed by atoms with Gasteiger partial charge in [0.25, 0.3) is 0 Å². The van der Waals surface area contributed by atoms with Crippen LogP contribution in [0.3, 0.4) is 0 Å². The second-order valence-electron chi connectivity index (χ2n) is 5.71. The molecule has 0 bridgehead atoms. The Bertz CT molecular complexity index is 574. The Morgan fingerprint density at radius 2 is 2.00 bits per heavy atom. The predicted octanol–water partition coefficient (Wildman–Crippen LogP) is 2.68. The average molecular weight is 286 g/mol. The molecule has 2 aromatic rings. The van der Waals surface area contributed by atoms with Crippen molar-refractivity contribution >= 4 is 0 Å². The quantitative estimate of drug-likeness (QED) is 0.851. The highest BCUT2D eigenvalue weighted by molar-refractivity contribution is 5.30. The van der Waals surface area contributed by atoms with Crippen LogP contribution in [0.5, 0.6) is 0 Å². The molecule has 0 aliphatic carbocycles. The van der Waals surface area contributed by atoms with Crippen molar-refractivity contribution in [3.63, 3.8) is 0 Å². The van der Waals surface area contributed by atoms with Gasteiger partial charge >= 0.3 is 0 Å². The summed E-state index contributed by atoms with van der Waals surface area (Å²) >= 11 is 0. The molecule has 0 aliphatic heterocycles. The molecule has 1 unspecified atom stereocenters. The minimum Gasteiger partial charge on any atom is -0.316 e. The van der Waals surface area contributed by atoms with Crippen LogP contribution in [0.15, 0.2) is 24.5 Å². The lowest BCUT2D eigenvalue weighted by Gasteiger charge is -2.17. The molecule has 0 saturated heterocycles. The molecule has 1 aromatic heterocycles. The molecule has 114 valence electrons. The van der Waals surface area contributed by atoms with E-state index in [2.05, 4.69) is 54.4 Å². The summed E-state index contributed by atoms with van der Waals surface area (Å²) < 4.78 is 2.02. The van der Waals surface area contributed by atoms with E-state index in [0.29, 0.717) is 6.04 Å². The Kier molecular flexibility index (Phi) is 5.51. The van der Waals surface area contributed by atoms with Gasteiger partial charge in [-0.15, -0.1) is 0 Å². The van der Waals surface area contributed by atoms with Crippen LogP contribution in [0.2, 0.25) is 0 Å². The topological polar surface area (TPSA) is 42.7 Å². The van der Waals surface area contributed by atoms with Gasteiger partial charge in [-0.2, -0.15) is 5.10 Å². The minimum absolute atomic E-state index is 0.381. The molecule has 1 heterocycles. The highest BCUT2D eigenvalue weighted by atomic mass is 15.3. The number of aryl methyl sites for hydroxylation is 3. The number of likely N-dealkylation sites (N-methyl/N-ethyl adjacent to an activating group) is 1. The third kappa shape index (κ3) is 4.14. The summed E-state index contributed by atoms with van der Waals surface area (Å²) in [5.41, 5.74) is 4.08. The summed E-state index contributed by atoms with van der Waals surface area (Å²) in [7, 11) is 2.02. The molecule has 0 saturated carbocycles. The fourth-order valence-corrected chi connectivity index (χ4v) is 2.56. The fraction of sp³-hybridized carbons (Fsp3) is 0.529. The average Bonchev–Trinajstić information content (AvgIpc) is 2.90. The molecule has 0 spiro atoms. The summed E-state index contributed by atoms with van der Waals surface area (Å²) in [6, 6.07) is 7.10. The number of hydrogen-bond acceptors (Lipinski definition) is 3. The first-order valence-electron chi connectivity index (χ1n) is 7.74. The van der Waals surface area contributed by atoms with E-state index in [-0.39, 0.29) is 0 Å². The van der Waals surface area contributed by atoms with Crippen LogP contribution < -0.4 is 5.32 Å². The summed E-state index contributed by atoms with van der Waals surface area (Å²) in [5, 5.41) is 7.71. The van der Waals surface area contributed by atoms with Crippen LogP contribution in [-0.4, -0.2) is 27.9 Å². The van der Waals surface area contributed by atoms with Gasteiger partial charge in [0.15, 0.2) is 0 Å². The predicted molar refractivity (Wildman–Crippen MR) is 86.5 cm³/mol. The Balaban J connectivity index is 2.05. The second kappa shape index (κ2) is 7.36. The second-order valence-corrected chi connectivity index (χ2v) is 5.71. The summed E-state index contributed by atoms with van der Waals surface area (Å²) in [5.74, 6) is 1.07. The molecular weight excluding hydrogens is 260 g/mol. The maximum atomic E-state index is 4.41. The first-order chi connectivity index (χ1) is 10.1. The van der Waals surface area contributed by atoms with Gasteiger partial charge in [-0.25, -0.2) is 4.98 Å². The van der Waals surface area contributed by atoms with Crippen molar-refractivity contribution < 1.29 is 0 Å². The lowest BCUT2D eigenvalue weighted by atomic mass is 9.99. The van der Waals surface area contributed by atoms with E-state index in [0.717, 1.165) is 31.6 Å². The van der Waals surface area contributed by atoms with Crippen LogP contribution in [0.25, 0.3) is 0 Å². The van der Waals surface area contributed by atoms with Crippen LogP contribution in [-0.2, 0) is 19.4 Å². The molecule has 0 fully saturated rings. The Hall–Kier alpha value is -1.68. The molecule has 2 rings (SSSR count). The molecule has 21 heavy (non-hydrogen) atoms. The summed E-state index contributed by atoms with van der Waals surface area (Å²) in [4.78, 5) is 4.41. The zero-order valence-corrected chi connectivity index (χ0v) is 13.6. The first kappa shape index (κ1) is 15.7.